The second-order valence-electron chi connectivity index (χ2n) is 12.5. The van der Waals surface area contributed by atoms with Gasteiger partial charge in [0.2, 0.25) is 5.91 Å². The van der Waals surface area contributed by atoms with E-state index in [2.05, 4.69) is 20.4 Å². The molecule has 22 heteroatoms. The third-order valence-electron chi connectivity index (χ3n) is 9.23. The minimum Gasteiger partial charge on any atom is -0.465 e. The Bertz CT molecular complexity index is 2160. The maximum absolute atomic E-state index is 14.1. The van der Waals surface area contributed by atoms with Gasteiger partial charge in [0.15, 0.2) is 17.3 Å². The van der Waals surface area contributed by atoms with Crippen LogP contribution in [0, 0.1) is 16.0 Å². The fourth-order valence-electron chi connectivity index (χ4n) is 6.32. The highest BCUT2D eigenvalue weighted by molar-refractivity contribution is 6.34. The van der Waals surface area contributed by atoms with Gasteiger partial charge < -0.3 is 35.4 Å². The van der Waals surface area contributed by atoms with Gasteiger partial charge in [0, 0.05) is 70.2 Å². The molecular weight excluding hydrogens is 743 g/mol. The predicted octanol–water partition coefficient (Wildman–Crippen LogP) is 3.76. The van der Waals surface area contributed by atoms with Crippen molar-refractivity contribution in [2.75, 3.05) is 50.3 Å². The highest BCUT2D eigenvalue weighted by Crippen LogP contribution is 2.37. The number of carbonyl (C=O) groups is 4. The van der Waals surface area contributed by atoms with Crippen LogP contribution < -0.4 is 11.1 Å². The summed E-state index contributed by atoms with van der Waals surface area (Å²) in [5, 5.41) is 26.4. The molecule has 4 aromatic rings. The SMILES string of the molecule is Cn1c(-c2cn(-c3cc(N)c([N+](=O)[O-])cn3)nc2C(F)(F)F)cnc1C(=O)Nc1ccc(C(=O)N2CCN(C(=O)C3CCN(C(=O)O)CC3)CC2)c(Cl)c1. The molecule has 2 saturated heterocycles. The molecule has 2 fully saturated rings. The largest absolute Gasteiger partial charge is 0.465 e. The number of likely N-dealkylation sites (tertiary alicyclic amines) is 1. The van der Waals surface area contributed by atoms with Crippen molar-refractivity contribution >= 4 is 52.5 Å². The maximum Gasteiger partial charge on any atom is 0.435 e. The first kappa shape index (κ1) is 37.5. The van der Waals surface area contributed by atoms with E-state index in [0.29, 0.717) is 39.0 Å². The predicted molar refractivity (Wildman–Crippen MR) is 184 cm³/mol. The number of hydrogen-bond donors (Lipinski definition) is 3. The molecule has 0 saturated carbocycles. The van der Waals surface area contributed by atoms with Gasteiger partial charge >= 0.3 is 18.0 Å². The molecule has 0 spiro atoms. The number of nitro groups is 1. The average molecular weight is 774 g/mol. The summed E-state index contributed by atoms with van der Waals surface area (Å²) < 4.78 is 44.2. The number of carboxylic acid groups (broad SMARTS) is 1. The van der Waals surface area contributed by atoms with E-state index in [0.717, 1.165) is 33.9 Å². The van der Waals surface area contributed by atoms with Crippen LogP contribution in [0.5, 0.6) is 0 Å². The Hall–Kier alpha value is -6.25. The molecule has 4 amide bonds. The van der Waals surface area contributed by atoms with Crippen LogP contribution >= 0.6 is 11.6 Å². The van der Waals surface area contributed by atoms with E-state index in [-0.39, 0.29) is 70.1 Å². The van der Waals surface area contributed by atoms with Crippen molar-refractivity contribution < 1.29 is 42.4 Å². The second-order valence-corrected chi connectivity index (χ2v) is 12.9. The molecule has 284 valence electrons. The van der Waals surface area contributed by atoms with Crippen LogP contribution in [0.3, 0.4) is 0 Å². The van der Waals surface area contributed by atoms with Crippen LogP contribution in [0.1, 0.15) is 39.5 Å². The first-order valence-corrected chi connectivity index (χ1v) is 16.7. The number of carbonyl (C=O) groups excluding carboxylic acids is 3. The molecule has 2 aliphatic rings. The zero-order valence-corrected chi connectivity index (χ0v) is 29.0. The van der Waals surface area contributed by atoms with Crippen LogP contribution in [-0.2, 0) is 18.0 Å². The summed E-state index contributed by atoms with van der Waals surface area (Å²) in [6.45, 7) is 1.69. The molecule has 3 aromatic heterocycles. The van der Waals surface area contributed by atoms with E-state index < -0.39 is 40.0 Å². The lowest BCUT2D eigenvalue weighted by Crippen LogP contribution is -2.53. The van der Waals surface area contributed by atoms with Crippen LogP contribution in [0.4, 0.5) is 35.0 Å². The topological polar surface area (TPSA) is 228 Å². The monoisotopic (exact) mass is 773 g/mol. The second kappa shape index (κ2) is 14.6. The summed E-state index contributed by atoms with van der Waals surface area (Å²) in [5.74, 6) is -2.04. The molecule has 54 heavy (non-hydrogen) atoms. The lowest BCUT2D eigenvalue weighted by atomic mass is 9.95. The van der Waals surface area contributed by atoms with Crippen molar-refractivity contribution in [2.24, 2.45) is 13.0 Å². The zero-order chi connectivity index (χ0) is 39.1. The number of halogens is 4. The van der Waals surface area contributed by atoms with Gasteiger partial charge in [-0.2, -0.15) is 18.3 Å². The standard InChI is InChI=1S/C32H31ClF3N11O7/c1-42-23(20-16-46(41-26(20)32(34,35)36)25-13-22(37)24(15-38-25)47(53)54)14-39-27(42)28(48)40-18-2-3-19(21(33)12-18)30(50)44-10-8-43(9-11-44)29(49)17-4-6-45(7-5-17)31(51)52/h2-3,12-17H,4-11H2,1H3,(H2,37,38)(H,40,48)(H,51,52). The highest BCUT2D eigenvalue weighted by Gasteiger charge is 2.39. The van der Waals surface area contributed by atoms with E-state index in [1.807, 2.05) is 0 Å². The number of imidazole rings is 1. The quantitative estimate of drug-likeness (QED) is 0.181. The lowest BCUT2D eigenvalue weighted by molar-refractivity contribution is -0.384. The number of amides is 4. The Morgan fingerprint density at radius 3 is 2.26 bits per heavy atom. The fraction of sp³-hybridized carbons (Fsp3) is 0.344. The summed E-state index contributed by atoms with van der Waals surface area (Å²) in [5.41, 5.74) is 3.18. The van der Waals surface area contributed by atoms with Gasteiger partial charge in [0.1, 0.15) is 11.9 Å². The summed E-state index contributed by atoms with van der Waals surface area (Å²) in [6, 6.07) is 5.19. The summed E-state index contributed by atoms with van der Waals surface area (Å²) in [7, 11) is 1.32. The molecular formula is C32H31ClF3N11O7. The molecule has 5 heterocycles. The van der Waals surface area contributed by atoms with E-state index in [9.17, 15) is 42.5 Å². The average Bonchev–Trinajstić information content (AvgIpc) is 3.75. The number of anilines is 2. The molecule has 0 unspecified atom stereocenters. The van der Waals surface area contributed by atoms with Crippen LogP contribution in [-0.4, -0.2) is 112 Å². The van der Waals surface area contributed by atoms with Crippen molar-refractivity contribution in [3.8, 4) is 17.1 Å². The molecule has 0 radical (unpaired) electrons. The van der Waals surface area contributed by atoms with Crippen molar-refractivity contribution in [1.82, 2.24) is 39.0 Å². The number of nitrogen functional groups attached to an aromatic ring is 1. The first-order chi connectivity index (χ1) is 25.5. The molecule has 18 nitrogen and oxygen atoms in total. The van der Waals surface area contributed by atoms with E-state index in [4.69, 9.17) is 22.4 Å². The fourth-order valence-corrected chi connectivity index (χ4v) is 6.58. The molecule has 0 atom stereocenters. The maximum atomic E-state index is 14.1. The lowest BCUT2D eigenvalue weighted by Gasteiger charge is -2.38. The molecule has 4 N–H and O–H groups in total. The summed E-state index contributed by atoms with van der Waals surface area (Å²) >= 11 is 6.46. The number of nitrogens with two attached hydrogens (primary N) is 1. The van der Waals surface area contributed by atoms with Gasteiger partial charge in [-0.1, -0.05) is 11.6 Å². The molecule has 0 aliphatic carbocycles. The van der Waals surface area contributed by atoms with Crippen LogP contribution in [0.25, 0.3) is 17.1 Å². The molecule has 0 bridgehead atoms. The van der Waals surface area contributed by atoms with E-state index >= 15 is 0 Å². The number of alkyl halides is 3. The Labute approximate surface area is 308 Å². The molecule has 2 aliphatic heterocycles. The molecule has 6 rings (SSSR count). The van der Waals surface area contributed by atoms with Crippen molar-refractivity contribution in [3.05, 3.63) is 75.1 Å². The van der Waals surface area contributed by atoms with E-state index in [1.54, 1.807) is 9.80 Å². The normalized spacial score (nSPS) is 15.3. The Balaban J connectivity index is 1.11. The van der Waals surface area contributed by atoms with Gasteiger partial charge in [0.05, 0.1) is 33.0 Å². The minimum atomic E-state index is -4.96. The number of aromatic nitrogens is 5. The van der Waals surface area contributed by atoms with Crippen molar-refractivity contribution in [1.29, 1.82) is 0 Å². The molecule has 1 aromatic carbocycles. The minimum absolute atomic E-state index is 0.0183. The van der Waals surface area contributed by atoms with Crippen molar-refractivity contribution in [2.45, 2.75) is 19.0 Å². The number of benzene rings is 1. The third-order valence-corrected chi connectivity index (χ3v) is 9.54. The van der Waals surface area contributed by atoms with Gasteiger partial charge in [-0.3, -0.25) is 24.5 Å². The van der Waals surface area contributed by atoms with Gasteiger partial charge in [0.25, 0.3) is 11.8 Å². The Morgan fingerprint density at radius 2 is 1.67 bits per heavy atom. The summed E-state index contributed by atoms with van der Waals surface area (Å²) in [4.78, 5) is 73.4. The van der Waals surface area contributed by atoms with E-state index in [1.165, 1.54) is 30.1 Å². The number of rotatable bonds is 7. The Morgan fingerprint density at radius 1 is 1.00 bits per heavy atom. The first-order valence-electron chi connectivity index (χ1n) is 16.3. The number of nitrogens with one attached hydrogen (secondary N) is 1. The highest BCUT2D eigenvalue weighted by atomic mass is 35.5. The Kier molecular flexibility index (Phi) is 10.2. The smallest absolute Gasteiger partial charge is 0.435 e. The third kappa shape index (κ3) is 7.47. The number of pyridine rings is 1. The van der Waals surface area contributed by atoms with Crippen LogP contribution in [0.2, 0.25) is 5.02 Å². The zero-order valence-electron chi connectivity index (χ0n) is 28.3. The number of piperazine rings is 1. The number of hydrogen-bond acceptors (Lipinski definition) is 10. The number of nitrogens with zero attached hydrogens (tertiary/aromatic N) is 9. The van der Waals surface area contributed by atoms with Gasteiger partial charge in [-0.05, 0) is 31.0 Å². The number of piperidine rings is 1. The van der Waals surface area contributed by atoms with Gasteiger partial charge in [-0.15, -0.1) is 0 Å². The summed E-state index contributed by atoms with van der Waals surface area (Å²) in [6.07, 6.45) is -2.26. The van der Waals surface area contributed by atoms with Crippen molar-refractivity contribution in [3.63, 3.8) is 0 Å². The van der Waals surface area contributed by atoms with Crippen LogP contribution in [0.15, 0.2) is 42.9 Å². The van der Waals surface area contributed by atoms with Gasteiger partial charge in [-0.25, -0.2) is 19.4 Å².